The second-order valence-corrected chi connectivity index (χ2v) is 5.39. The van der Waals surface area contributed by atoms with E-state index in [1.165, 1.54) is 12.2 Å². The molecule has 1 aromatic carbocycles. The number of rotatable bonds is 2. The van der Waals surface area contributed by atoms with Crippen LogP contribution in [-0.4, -0.2) is 15.9 Å². The number of hydrogen-bond donors (Lipinski definition) is 1. The molecule has 2 heterocycles. The summed E-state index contributed by atoms with van der Waals surface area (Å²) in [7, 11) is 0. The first kappa shape index (κ1) is 10.7. The van der Waals surface area contributed by atoms with Crippen LogP contribution in [0.2, 0.25) is 0 Å². The summed E-state index contributed by atoms with van der Waals surface area (Å²) in [5.41, 5.74) is 7.32. The van der Waals surface area contributed by atoms with Gasteiger partial charge in [0.2, 0.25) is 11.7 Å². The second kappa shape index (κ2) is 4.41. The van der Waals surface area contributed by atoms with Crippen molar-refractivity contribution in [1.82, 2.24) is 10.1 Å². The Morgan fingerprint density at radius 2 is 2.12 bits per heavy atom. The monoisotopic (exact) mass is 247 g/mol. The number of nitrogens with zero attached hydrogens (tertiary/aromatic N) is 2. The van der Waals surface area contributed by atoms with E-state index >= 15 is 0 Å². The van der Waals surface area contributed by atoms with Crippen molar-refractivity contribution in [1.29, 1.82) is 0 Å². The highest BCUT2D eigenvalue weighted by Gasteiger charge is 2.23. The van der Waals surface area contributed by atoms with Crippen molar-refractivity contribution < 1.29 is 4.52 Å². The van der Waals surface area contributed by atoms with Gasteiger partial charge in [0, 0.05) is 11.3 Å². The highest BCUT2D eigenvalue weighted by molar-refractivity contribution is 7.99. The molecule has 0 spiro atoms. The number of anilines is 1. The fourth-order valence-corrected chi connectivity index (χ4v) is 3.08. The Hall–Kier alpha value is -1.49. The predicted octanol–water partition coefficient (Wildman–Crippen LogP) is 2.89. The first-order valence-electron chi connectivity index (χ1n) is 5.64. The van der Waals surface area contributed by atoms with Crippen molar-refractivity contribution in [3.63, 3.8) is 0 Å². The van der Waals surface area contributed by atoms with Crippen LogP contribution in [0.4, 0.5) is 5.69 Å². The summed E-state index contributed by atoms with van der Waals surface area (Å²) in [4.78, 5) is 4.45. The highest BCUT2D eigenvalue weighted by atomic mass is 32.2. The number of benzene rings is 1. The van der Waals surface area contributed by atoms with E-state index in [2.05, 4.69) is 10.1 Å². The van der Waals surface area contributed by atoms with Gasteiger partial charge in [0.1, 0.15) is 0 Å². The molecule has 1 fully saturated rings. The third-order valence-corrected chi connectivity index (χ3v) is 4.18. The van der Waals surface area contributed by atoms with Gasteiger partial charge in [-0.05, 0) is 42.9 Å². The van der Waals surface area contributed by atoms with Gasteiger partial charge < -0.3 is 10.3 Å². The van der Waals surface area contributed by atoms with E-state index in [9.17, 15) is 0 Å². The minimum Gasteiger partial charge on any atom is -0.399 e. The maximum Gasteiger partial charge on any atom is 0.240 e. The summed E-state index contributed by atoms with van der Waals surface area (Å²) in [5.74, 6) is 2.58. The highest BCUT2D eigenvalue weighted by Crippen LogP contribution is 2.39. The Morgan fingerprint density at radius 1 is 1.29 bits per heavy atom. The Bertz CT molecular complexity index is 503. The summed E-state index contributed by atoms with van der Waals surface area (Å²) >= 11 is 1.89. The van der Waals surface area contributed by atoms with Crippen molar-refractivity contribution in [2.75, 3.05) is 11.5 Å². The van der Waals surface area contributed by atoms with Crippen LogP contribution in [0.15, 0.2) is 28.8 Å². The van der Waals surface area contributed by atoms with Gasteiger partial charge >= 0.3 is 0 Å². The summed E-state index contributed by atoms with van der Waals surface area (Å²) in [6.07, 6.45) is 2.36. The van der Waals surface area contributed by atoms with Crippen LogP contribution in [0.1, 0.15) is 24.0 Å². The molecule has 0 aliphatic carbocycles. The van der Waals surface area contributed by atoms with E-state index < -0.39 is 0 Å². The zero-order valence-corrected chi connectivity index (χ0v) is 10.1. The molecule has 5 heteroatoms. The Morgan fingerprint density at radius 3 is 2.82 bits per heavy atom. The maximum atomic E-state index is 5.64. The normalized spacial score (nSPS) is 19.6. The minimum atomic E-state index is 0.380. The summed E-state index contributed by atoms with van der Waals surface area (Å²) in [6, 6.07) is 7.50. The SMILES string of the molecule is Nc1ccc(-c2noc(C3CCCS3)n2)cc1. The molecule has 4 nitrogen and oxygen atoms in total. The van der Waals surface area contributed by atoms with Crippen LogP contribution in [-0.2, 0) is 0 Å². The number of aromatic nitrogens is 2. The molecule has 0 radical (unpaired) electrons. The molecule has 1 unspecified atom stereocenters. The van der Waals surface area contributed by atoms with Crippen molar-refractivity contribution in [3.05, 3.63) is 30.2 Å². The van der Waals surface area contributed by atoms with Gasteiger partial charge in [0.05, 0.1) is 5.25 Å². The van der Waals surface area contributed by atoms with Crippen LogP contribution in [0.5, 0.6) is 0 Å². The topological polar surface area (TPSA) is 64.9 Å². The van der Waals surface area contributed by atoms with Gasteiger partial charge in [0.15, 0.2) is 0 Å². The van der Waals surface area contributed by atoms with E-state index in [0.717, 1.165) is 23.6 Å². The molecular weight excluding hydrogens is 234 g/mol. The number of hydrogen-bond acceptors (Lipinski definition) is 5. The fourth-order valence-electron chi connectivity index (χ4n) is 1.89. The average molecular weight is 247 g/mol. The number of thioether (sulfide) groups is 1. The van der Waals surface area contributed by atoms with Gasteiger partial charge in [0.25, 0.3) is 0 Å². The van der Waals surface area contributed by atoms with Gasteiger partial charge in [-0.15, -0.1) is 11.8 Å². The third-order valence-electron chi connectivity index (χ3n) is 2.82. The third kappa shape index (κ3) is 2.15. The van der Waals surface area contributed by atoms with Gasteiger partial charge in [-0.1, -0.05) is 5.16 Å². The minimum absolute atomic E-state index is 0.380. The van der Waals surface area contributed by atoms with Gasteiger partial charge in [-0.25, -0.2) is 0 Å². The van der Waals surface area contributed by atoms with E-state index in [1.54, 1.807) is 0 Å². The fraction of sp³-hybridized carbons (Fsp3) is 0.333. The van der Waals surface area contributed by atoms with Crippen molar-refractivity contribution in [2.24, 2.45) is 0 Å². The van der Waals surface area contributed by atoms with Crippen molar-refractivity contribution >= 4 is 17.4 Å². The van der Waals surface area contributed by atoms with Crippen LogP contribution in [0, 0.1) is 0 Å². The lowest BCUT2D eigenvalue weighted by molar-refractivity contribution is 0.375. The van der Waals surface area contributed by atoms with E-state index in [4.69, 9.17) is 10.3 Å². The molecule has 1 atom stereocenters. The van der Waals surface area contributed by atoms with Crippen LogP contribution in [0.25, 0.3) is 11.4 Å². The molecule has 3 rings (SSSR count). The molecule has 1 aliphatic heterocycles. The first-order valence-corrected chi connectivity index (χ1v) is 6.69. The number of nitrogen functional groups attached to an aromatic ring is 1. The van der Waals surface area contributed by atoms with E-state index in [1.807, 2.05) is 36.0 Å². The molecule has 2 N–H and O–H groups in total. The lowest BCUT2D eigenvalue weighted by Crippen LogP contribution is -1.89. The molecular formula is C12H13N3OS. The second-order valence-electron chi connectivity index (χ2n) is 4.08. The van der Waals surface area contributed by atoms with Gasteiger partial charge in [-0.3, -0.25) is 0 Å². The average Bonchev–Trinajstić information content (AvgIpc) is 3.00. The van der Waals surface area contributed by atoms with Crippen molar-refractivity contribution in [2.45, 2.75) is 18.1 Å². The van der Waals surface area contributed by atoms with Crippen molar-refractivity contribution in [3.8, 4) is 11.4 Å². The molecule has 1 saturated heterocycles. The molecule has 1 aromatic heterocycles. The lowest BCUT2D eigenvalue weighted by Gasteiger charge is -1.99. The predicted molar refractivity (Wildman–Crippen MR) is 68.6 cm³/mol. The van der Waals surface area contributed by atoms with Crippen LogP contribution >= 0.6 is 11.8 Å². The molecule has 0 saturated carbocycles. The quantitative estimate of drug-likeness (QED) is 0.827. The standard InChI is InChI=1S/C12H13N3OS/c13-9-5-3-8(4-6-9)11-14-12(16-15-11)10-2-1-7-17-10/h3-6,10H,1-2,7,13H2. The number of nitrogens with two attached hydrogens (primary N) is 1. The zero-order valence-electron chi connectivity index (χ0n) is 9.30. The Kier molecular flexibility index (Phi) is 2.76. The molecule has 88 valence electrons. The Labute approximate surface area is 104 Å². The summed E-state index contributed by atoms with van der Waals surface area (Å²) in [5, 5.41) is 4.40. The molecule has 17 heavy (non-hydrogen) atoms. The molecule has 1 aliphatic rings. The smallest absolute Gasteiger partial charge is 0.240 e. The van der Waals surface area contributed by atoms with E-state index in [-0.39, 0.29) is 0 Å². The molecule has 2 aromatic rings. The lowest BCUT2D eigenvalue weighted by atomic mass is 10.2. The largest absolute Gasteiger partial charge is 0.399 e. The van der Waals surface area contributed by atoms with Crippen LogP contribution in [0.3, 0.4) is 0 Å². The summed E-state index contributed by atoms with van der Waals surface area (Å²) in [6.45, 7) is 0. The first-order chi connectivity index (χ1) is 8.33. The zero-order chi connectivity index (χ0) is 11.7. The van der Waals surface area contributed by atoms with Gasteiger partial charge in [-0.2, -0.15) is 4.98 Å². The van der Waals surface area contributed by atoms with Crippen LogP contribution < -0.4 is 5.73 Å². The Balaban J connectivity index is 1.86. The molecule has 0 amide bonds. The summed E-state index contributed by atoms with van der Waals surface area (Å²) < 4.78 is 5.32. The molecule has 0 bridgehead atoms. The van der Waals surface area contributed by atoms with E-state index in [0.29, 0.717) is 11.1 Å². The maximum absolute atomic E-state index is 5.64.